The summed E-state index contributed by atoms with van der Waals surface area (Å²) >= 11 is 0. The fourth-order valence-electron chi connectivity index (χ4n) is 1.44. The van der Waals surface area contributed by atoms with Crippen molar-refractivity contribution in [1.29, 1.82) is 0 Å². The van der Waals surface area contributed by atoms with E-state index in [1.165, 1.54) is 0 Å². The molecule has 0 fully saturated rings. The van der Waals surface area contributed by atoms with Crippen molar-refractivity contribution in [3.05, 3.63) is 0 Å². The van der Waals surface area contributed by atoms with Gasteiger partial charge in [-0.15, -0.1) is 0 Å². The third-order valence-electron chi connectivity index (χ3n) is 2.40. The van der Waals surface area contributed by atoms with Gasteiger partial charge < -0.3 is 9.47 Å². The lowest BCUT2D eigenvalue weighted by Crippen LogP contribution is -2.33. The number of esters is 2. The van der Waals surface area contributed by atoms with Gasteiger partial charge in [-0.05, 0) is 32.6 Å². The van der Waals surface area contributed by atoms with Crippen LogP contribution in [0.5, 0.6) is 0 Å². The highest BCUT2D eigenvalue weighted by Gasteiger charge is 2.33. The molecule has 0 radical (unpaired) electrons. The van der Waals surface area contributed by atoms with E-state index in [1.54, 1.807) is 13.8 Å². The predicted octanol–water partition coefficient (Wildman–Crippen LogP) is 1.73. The first-order chi connectivity index (χ1) is 8.43. The molecule has 5 heteroatoms. The molecule has 0 saturated carbocycles. The number of Topliss-reactive ketones (excluding diaryl/α,β-unsaturated/α-hetero) is 1. The Morgan fingerprint density at radius 1 is 0.944 bits per heavy atom. The van der Waals surface area contributed by atoms with Crippen LogP contribution < -0.4 is 0 Å². The average molecular weight is 258 g/mol. The van der Waals surface area contributed by atoms with Crippen LogP contribution in [-0.4, -0.2) is 30.9 Å². The summed E-state index contributed by atoms with van der Waals surface area (Å²) in [4.78, 5) is 34.8. The molecule has 0 aromatic rings. The van der Waals surface area contributed by atoms with E-state index in [4.69, 9.17) is 4.74 Å². The number of carbonyl (C=O) groups is 3. The minimum Gasteiger partial charge on any atom is -0.465 e. The van der Waals surface area contributed by atoms with Gasteiger partial charge in [-0.25, -0.2) is 4.79 Å². The van der Waals surface area contributed by atoms with Crippen molar-refractivity contribution in [3.63, 3.8) is 0 Å². The highest BCUT2D eigenvalue weighted by molar-refractivity contribution is 6.37. The zero-order chi connectivity index (χ0) is 14.1. The molecule has 0 amide bonds. The second-order valence-electron chi connectivity index (χ2n) is 4.36. The number of ether oxygens (including phenoxy) is 2. The van der Waals surface area contributed by atoms with E-state index in [0.717, 1.165) is 0 Å². The van der Waals surface area contributed by atoms with Crippen LogP contribution in [0.15, 0.2) is 0 Å². The van der Waals surface area contributed by atoms with E-state index in [1.807, 2.05) is 13.8 Å². The molecule has 0 spiro atoms. The Morgan fingerprint density at radius 3 is 1.94 bits per heavy atom. The summed E-state index contributed by atoms with van der Waals surface area (Å²) in [5.74, 6) is -3.10. The maximum atomic E-state index is 11.8. The molecular weight excluding hydrogens is 236 g/mol. The molecule has 0 N–H and O–H groups in total. The molecule has 0 aromatic carbocycles. The third-order valence-corrected chi connectivity index (χ3v) is 2.40. The lowest BCUT2D eigenvalue weighted by molar-refractivity contribution is -0.162. The van der Waals surface area contributed by atoms with Crippen molar-refractivity contribution in [2.24, 2.45) is 11.8 Å². The maximum absolute atomic E-state index is 11.8. The smallest absolute Gasteiger partial charge is 0.375 e. The van der Waals surface area contributed by atoms with Gasteiger partial charge in [-0.3, -0.25) is 9.59 Å². The van der Waals surface area contributed by atoms with Gasteiger partial charge in [-0.1, -0.05) is 13.8 Å². The van der Waals surface area contributed by atoms with Gasteiger partial charge in [0.2, 0.25) is 0 Å². The topological polar surface area (TPSA) is 69.7 Å². The van der Waals surface area contributed by atoms with Gasteiger partial charge >= 0.3 is 11.9 Å². The van der Waals surface area contributed by atoms with Crippen LogP contribution in [0.1, 0.15) is 40.5 Å². The quantitative estimate of drug-likeness (QED) is 0.377. The summed E-state index contributed by atoms with van der Waals surface area (Å²) in [6, 6.07) is 0. The third kappa shape index (κ3) is 5.80. The van der Waals surface area contributed by atoms with E-state index in [9.17, 15) is 14.4 Å². The Morgan fingerprint density at radius 2 is 1.50 bits per heavy atom. The molecule has 0 aliphatic rings. The Balaban J connectivity index is 4.68. The van der Waals surface area contributed by atoms with Gasteiger partial charge in [-0.2, -0.15) is 0 Å². The monoisotopic (exact) mass is 258 g/mol. The summed E-state index contributed by atoms with van der Waals surface area (Å²) in [5, 5.41) is 0. The molecule has 18 heavy (non-hydrogen) atoms. The molecule has 1 unspecified atom stereocenters. The van der Waals surface area contributed by atoms with Crippen molar-refractivity contribution in [2.45, 2.75) is 40.5 Å². The number of ketones is 1. The van der Waals surface area contributed by atoms with Crippen LogP contribution in [-0.2, 0) is 23.9 Å². The Bertz CT molecular complexity index is 296. The highest BCUT2D eigenvalue weighted by atomic mass is 16.5. The normalized spacial score (nSPS) is 12.1. The summed E-state index contributed by atoms with van der Waals surface area (Å²) in [6.45, 7) is 7.54. The van der Waals surface area contributed by atoms with Gasteiger partial charge in [0.1, 0.15) is 5.92 Å². The van der Waals surface area contributed by atoms with Gasteiger partial charge in [0.25, 0.3) is 5.78 Å². The Kier molecular flexibility index (Phi) is 8.00. The molecule has 0 aliphatic heterocycles. The molecular formula is C13H22O5. The largest absolute Gasteiger partial charge is 0.465 e. The Hall–Kier alpha value is -1.39. The second-order valence-corrected chi connectivity index (χ2v) is 4.36. The average Bonchev–Trinajstić information content (AvgIpc) is 2.29. The molecule has 5 nitrogen and oxygen atoms in total. The molecule has 0 rings (SSSR count). The Labute approximate surface area is 108 Å². The lowest BCUT2D eigenvalue weighted by Gasteiger charge is -2.14. The predicted molar refractivity (Wildman–Crippen MR) is 65.8 cm³/mol. The molecule has 0 aromatic heterocycles. The molecule has 104 valence electrons. The van der Waals surface area contributed by atoms with Crippen LogP contribution in [0, 0.1) is 11.8 Å². The summed E-state index contributed by atoms with van der Waals surface area (Å²) < 4.78 is 9.44. The molecule has 0 saturated heterocycles. The summed E-state index contributed by atoms with van der Waals surface area (Å²) in [5.41, 5.74) is 0. The van der Waals surface area contributed by atoms with Crippen LogP contribution in [0.3, 0.4) is 0 Å². The van der Waals surface area contributed by atoms with Crippen molar-refractivity contribution >= 4 is 17.7 Å². The molecule has 1 atom stereocenters. The number of hydrogen-bond acceptors (Lipinski definition) is 5. The SMILES string of the molecule is CCOC(=O)C(=O)C(CCC(C)C)C(=O)OCC. The second kappa shape index (κ2) is 8.66. The van der Waals surface area contributed by atoms with E-state index in [-0.39, 0.29) is 13.2 Å². The van der Waals surface area contributed by atoms with Crippen molar-refractivity contribution in [2.75, 3.05) is 13.2 Å². The fraction of sp³-hybridized carbons (Fsp3) is 0.769. The maximum Gasteiger partial charge on any atom is 0.375 e. The minimum atomic E-state index is -1.04. The van der Waals surface area contributed by atoms with Crippen molar-refractivity contribution in [1.82, 2.24) is 0 Å². The fourth-order valence-corrected chi connectivity index (χ4v) is 1.44. The van der Waals surface area contributed by atoms with E-state index >= 15 is 0 Å². The van der Waals surface area contributed by atoms with E-state index in [2.05, 4.69) is 4.74 Å². The first-order valence-corrected chi connectivity index (χ1v) is 6.31. The van der Waals surface area contributed by atoms with Gasteiger partial charge in [0, 0.05) is 0 Å². The van der Waals surface area contributed by atoms with Crippen LogP contribution in [0.25, 0.3) is 0 Å². The van der Waals surface area contributed by atoms with Gasteiger partial charge in [0.15, 0.2) is 0 Å². The molecule has 0 bridgehead atoms. The van der Waals surface area contributed by atoms with Crippen LogP contribution in [0.4, 0.5) is 0 Å². The summed E-state index contributed by atoms with van der Waals surface area (Å²) in [7, 11) is 0. The lowest BCUT2D eigenvalue weighted by atomic mass is 9.94. The van der Waals surface area contributed by atoms with Crippen molar-refractivity contribution in [3.8, 4) is 0 Å². The van der Waals surface area contributed by atoms with E-state index in [0.29, 0.717) is 18.8 Å². The highest BCUT2D eigenvalue weighted by Crippen LogP contribution is 2.16. The standard InChI is InChI=1S/C13H22O5/c1-5-17-12(15)10(8-7-9(3)4)11(14)13(16)18-6-2/h9-10H,5-8H2,1-4H3. The molecule has 0 heterocycles. The van der Waals surface area contributed by atoms with Crippen LogP contribution in [0.2, 0.25) is 0 Å². The minimum absolute atomic E-state index is 0.115. The van der Waals surface area contributed by atoms with E-state index < -0.39 is 23.6 Å². The van der Waals surface area contributed by atoms with Crippen LogP contribution >= 0.6 is 0 Å². The first kappa shape index (κ1) is 16.6. The zero-order valence-corrected chi connectivity index (χ0v) is 11.5. The zero-order valence-electron chi connectivity index (χ0n) is 11.5. The number of carbonyl (C=O) groups excluding carboxylic acids is 3. The van der Waals surface area contributed by atoms with Gasteiger partial charge in [0.05, 0.1) is 13.2 Å². The first-order valence-electron chi connectivity index (χ1n) is 6.31. The van der Waals surface area contributed by atoms with Crippen molar-refractivity contribution < 1.29 is 23.9 Å². The molecule has 0 aliphatic carbocycles. The number of hydrogen-bond donors (Lipinski definition) is 0. The summed E-state index contributed by atoms with van der Waals surface area (Å²) in [6.07, 6.45) is 0.989. The number of rotatable bonds is 8.